The van der Waals surface area contributed by atoms with Crippen LogP contribution in [0.25, 0.3) is 86.3 Å². The minimum Gasteiger partial charge on any atom is -0.309 e. The van der Waals surface area contributed by atoms with E-state index in [0.717, 1.165) is 0 Å². The monoisotopic (exact) mass is 590 g/mol. The van der Waals surface area contributed by atoms with Crippen molar-refractivity contribution in [3.05, 3.63) is 158 Å². The predicted molar refractivity (Wildman–Crippen MR) is 193 cm³/mol. The van der Waals surface area contributed by atoms with Crippen LogP contribution in [0.4, 0.5) is 0 Å². The van der Waals surface area contributed by atoms with Crippen LogP contribution in [0, 0.1) is 0 Å². The number of hydrogen-bond acceptors (Lipinski definition) is 1. The largest absolute Gasteiger partial charge is 0.309 e. The van der Waals surface area contributed by atoms with Gasteiger partial charge < -0.3 is 9.13 Å². The summed E-state index contributed by atoms with van der Waals surface area (Å²) < 4.78 is 7.63. The normalized spacial score (nSPS) is 12.0. The molecular formula is C42H26N2S. The number of rotatable bonds is 3. The van der Waals surface area contributed by atoms with Crippen molar-refractivity contribution in [3.63, 3.8) is 0 Å². The van der Waals surface area contributed by atoms with Crippen molar-refractivity contribution >= 4 is 75.1 Å². The zero-order chi connectivity index (χ0) is 29.5. The summed E-state index contributed by atoms with van der Waals surface area (Å²) in [5.74, 6) is 0. The lowest BCUT2D eigenvalue weighted by Gasteiger charge is -2.12. The molecule has 210 valence electrons. The number of para-hydroxylation sites is 3. The van der Waals surface area contributed by atoms with Gasteiger partial charge in [-0.2, -0.15) is 0 Å². The summed E-state index contributed by atoms with van der Waals surface area (Å²) in [6, 6.07) is 57.3. The molecule has 10 aromatic rings. The highest BCUT2D eigenvalue weighted by atomic mass is 32.1. The van der Waals surface area contributed by atoms with Gasteiger partial charge in [0.1, 0.15) is 0 Å². The van der Waals surface area contributed by atoms with Crippen molar-refractivity contribution < 1.29 is 0 Å². The minimum atomic E-state index is 1.17. The van der Waals surface area contributed by atoms with Gasteiger partial charge in [0, 0.05) is 48.4 Å². The van der Waals surface area contributed by atoms with E-state index in [1.807, 2.05) is 11.3 Å². The molecular weight excluding hydrogens is 565 g/mol. The first-order valence-electron chi connectivity index (χ1n) is 15.4. The van der Waals surface area contributed by atoms with Gasteiger partial charge in [0.2, 0.25) is 0 Å². The molecule has 7 aromatic carbocycles. The molecule has 2 nitrogen and oxygen atoms in total. The first kappa shape index (κ1) is 24.8. The first-order chi connectivity index (χ1) is 22.4. The molecule has 0 N–H and O–H groups in total. The Kier molecular flexibility index (Phi) is 5.19. The summed E-state index contributed by atoms with van der Waals surface area (Å²) in [6.45, 7) is 0. The Labute approximate surface area is 263 Å². The molecule has 0 radical (unpaired) electrons. The van der Waals surface area contributed by atoms with E-state index in [1.165, 1.54) is 86.3 Å². The summed E-state index contributed by atoms with van der Waals surface area (Å²) in [4.78, 5) is 0. The van der Waals surface area contributed by atoms with Crippen molar-refractivity contribution in [1.82, 2.24) is 9.13 Å². The highest BCUT2D eigenvalue weighted by molar-refractivity contribution is 7.27. The third kappa shape index (κ3) is 3.44. The summed E-state index contributed by atoms with van der Waals surface area (Å²) in [6.07, 6.45) is 0. The number of aromatic nitrogens is 2. The molecule has 45 heavy (non-hydrogen) atoms. The van der Waals surface area contributed by atoms with Gasteiger partial charge in [0.25, 0.3) is 0 Å². The van der Waals surface area contributed by atoms with Crippen molar-refractivity contribution in [2.75, 3.05) is 0 Å². The number of benzene rings is 7. The third-order valence-corrected chi connectivity index (χ3v) is 10.5. The van der Waals surface area contributed by atoms with E-state index in [-0.39, 0.29) is 0 Å². The fourth-order valence-corrected chi connectivity index (χ4v) is 8.68. The van der Waals surface area contributed by atoms with Crippen molar-refractivity contribution in [2.45, 2.75) is 0 Å². The molecule has 3 heteroatoms. The maximum Gasteiger partial charge on any atom is 0.0727 e. The average molecular weight is 591 g/mol. The fourth-order valence-electron chi connectivity index (χ4n) is 7.43. The van der Waals surface area contributed by atoms with Crippen molar-refractivity contribution in [2.24, 2.45) is 0 Å². The fraction of sp³-hybridized carbons (Fsp3) is 0. The van der Waals surface area contributed by atoms with Gasteiger partial charge in [-0.15, -0.1) is 11.3 Å². The van der Waals surface area contributed by atoms with Crippen molar-refractivity contribution in [3.8, 4) is 22.5 Å². The molecule has 0 aliphatic rings. The Morgan fingerprint density at radius 1 is 0.356 bits per heavy atom. The van der Waals surface area contributed by atoms with Gasteiger partial charge in [-0.25, -0.2) is 0 Å². The van der Waals surface area contributed by atoms with Crippen LogP contribution in [-0.2, 0) is 0 Å². The molecule has 0 amide bonds. The van der Waals surface area contributed by atoms with Crippen LogP contribution in [0.5, 0.6) is 0 Å². The van der Waals surface area contributed by atoms with Crippen LogP contribution in [0.15, 0.2) is 158 Å². The van der Waals surface area contributed by atoms with Crippen LogP contribution in [-0.4, -0.2) is 9.13 Å². The lowest BCUT2D eigenvalue weighted by molar-refractivity contribution is 1.18. The number of thiophene rings is 1. The van der Waals surface area contributed by atoms with E-state index < -0.39 is 0 Å². The Morgan fingerprint density at radius 3 is 1.53 bits per heavy atom. The smallest absolute Gasteiger partial charge is 0.0727 e. The van der Waals surface area contributed by atoms with Crippen LogP contribution in [0.3, 0.4) is 0 Å². The standard InChI is InChI=1S/C42H26N2S/c1-3-13-27(14-4-1)28-23-25-30(26-24-28)43-34-20-10-7-17-31(34)37-38-32-18-8-11-21-35(32)44(29-15-5-2-6-16-29)41(38)42-39(40(37)43)33-19-9-12-22-36(33)45-42/h1-26H. The second kappa shape index (κ2) is 9.43. The Morgan fingerprint density at radius 2 is 0.844 bits per heavy atom. The maximum atomic E-state index is 2.51. The predicted octanol–water partition coefficient (Wildman–Crippen LogP) is 11.9. The van der Waals surface area contributed by atoms with Crippen molar-refractivity contribution in [1.29, 1.82) is 0 Å². The van der Waals surface area contributed by atoms with Gasteiger partial charge in [-0.3, -0.25) is 0 Å². The zero-order valence-corrected chi connectivity index (χ0v) is 25.1. The van der Waals surface area contributed by atoms with E-state index >= 15 is 0 Å². The lowest BCUT2D eigenvalue weighted by atomic mass is 10.0. The van der Waals surface area contributed by atoms with E-state index in [9.17, 15) is 0 Å². The van der Waals surface area contributed by atoms with Gasteiger partial charge >= 0.3 is 0 Å². The number of nitrogens with zero attached hydrogens (tertiary/aromatic N) is 2. The molecule has 0 aliphatic heterocycles. The molecule has 0 atom stereocenters. The molecule has 10 rings (SSSR count). The first-order valence-corrected chi connectivity index (χ1v) is 16.2. The van der Waals surface area contributed by atoms with E-state index in [4.69, 9.17) is 0 Å². The van der Waals surface area contributed by atoms with Crippen LogP contribution in [0.1, 0.15) is 0 Å². The van der Waals surface area contributed by atoms with E-state index in [1.54, 1.807) is 0 Å². The highest BCUT2D eigenvalue weighted by Gasteiger charge is 2.26. The minimum absolute atomic E-state index is 1.17. The quantitative estimate of drug-likeness (QED) is 0.194. The topological polar surface area (TPSA) is 9.86 Å². The van der Waals surface area contributed by atoms with Gasteiger partial charge in [0.05, 0.1) is 26.8 Å². The molecule has 0 fully saturated rings. The van der Waals surface area contributed by atoms with E-state index in [2.05, 4.69) is 167 Å². The number of fused-ring (bicyclic) bond motifs is 12. The molecule has 0 unspecified atom stereocenters. The SMILES string of the molecule is c1ccc(-c2ccc(-n3c4ccccc4c4c5c6ccccc6n(-c6ccccc6)c5c5sc6ccccc6c5c43)cc2)cc1. The van der Waals surface area contributed by atoms with Crippen LogP contribution < -0.4 is 0 Å². The molecule has 0 bridgehead atoms. The Hall–Kier alpha value is -5.64. The Balaban J connectivity index is 1.45. The highest BCUT2D eigenvalue weighted by Crippen LogP contribution is 2.51. The van der Waals surface area contributed by atoms with Gasteiger partial charge in [-0.1, -0.05) is 115 Å². The molecule has 3 aromatic heterocycles. The Bertz CT molecular complexity index is 2730. The second-order valence-electron chi connectivity index (χ2n) is 11.7. The summed E-state index contributed by atoms with van der Waals surface area (Å²) in [5.41, 5.74) is 9.82. The maximum absolute atomic E-state index is 2.51. The molecule has 0 saturated heterocycles. The lowest BCUT2D eigenvalue weighted by Crippen LogP contribution is -1.96. The molecule has 0 saturated carbocycles. The molecule has 3 heterocycles. The number of hydrogen-bond donors (Lipinski definition) is 0. The summed E-state index contributed by atoms with van der Waals surface area (Å²) in [5, 5.41) is 7.82. The van der Waals surface area contributed by atoms with E-state index in [0.29, 0.717) is 0 Å². The van der Waals surface area contributed by atoms with Gasteiger partial charge in [-0.05, 0) is 53.6 Å². The summed E-state index contributed by atoms with van der Waals surface area (Å²) in [7, 11) is 0. The molecule has 0 spiro atoms. The second-order valence-corrected chi connectivity index (χ2v) is 12.8. The average Bonchev–Trinajstić information content (AvgIpc) is 3.77. The summed E-state index contributed by atoms with van der Waals surface area (Å²) >= 11 is 1.91. The van der Waals surface area contributed by atoms with Crippen LogP contribution >= 0.6 is 11.3 Å². The zero-order valence-electron chi connectivity index (χ0n) is 24.3. The van der Waals surface area contributed by atoms with Gasteiger partial charge in [0.15, 0.2) is 0 Å². The third-order valence-electron chi connectivity index (χ3n) is 9.29. The molecule has 0 aliphatic carbocycles. The van der Waals surface area contributed by atoms with Crippen LogP contribution in [0.2, 0.25) is 0 Å².